The van der Waals surface area contributed by atoms with Crippen LogP contribution in [0.4, 0.5) is 13.2 Å². The molecule has 1 aromatic heterocycles. The summed E-state index contributed by atoms with van der Waals surface area (Å²) in [6, 6.07) is 2.97. The van der Waals surface area contributed by atoms with Gasteiger partial charge in [0.25, 0.3) is 11.5 Å². The average Bonchev–Trinajstić information content (AvgIpc) is 2.95. The number of hydrogen-bond donors (Lipinski definition) is 2. The Hall–Kier alpha value is -2.34. The van der Waals surface area contributed by atoms with Gasteiger partial charge in [0.1, 0.15) is 17.3 Å². The minimum atomic E-state index is -4.41. The topological polar surface area (TPSA) is 95.0 Å². The molecule has 0 radical (unpaired) electrons. The van der Waals surface area contributed by atoms with Crippen molar-refractivity contribution in [1.82, 2.24) is 10.3 Å². The Morgan fingerprint density at radius 3 is 2.78 bits per heavy atom. The van der Waals surface area contributed by atoms with Crippen molar-refractivity contribution in [2.45, 2.75) is 38.1 Å². The number of carbonyl (C=O) groups is 1. The number of aromatic amines is 1. The Bertz CT molecular complexity index is 706. The van der Waals surface area contributed by atoms with E-state index in [9.17, 15) is 22.8 Å². The molecule has 1 aliphatic rings. The minimum Gasteiger partial charge on any atom is -0.364 e. The van der Waals surface area contributed by atoms with Gasteiger partial charge in [-0.15, -0.1) is 0 Å². The van der Waals surface area contributed by atoms with Crippen molar-refractivity contribution in [1.29, 1.82) is 5.26 Å². The summed E-state index contributed by atoms with van der Waals surface area (Å²) >= 11 is 0. The monoisotopic (exact) mass is 329 g/mol. The van der Waals surface area contributed by atoms with Crippen LogP contribution in [-0.4, -0.2) is 35.8 Å². The predicted molar refractivity (Wildman–Crippen MR) is 72.8 cm³/mol. The summed E-state index contributed by atoms with van der Waals surface area (Å²) in [7, 11) is 0. The number of aromatic nitrogens is 1. The Morgan fingerprint density at radius 1 is 1.52 bits per heavy atom. The Labute approximate surface area is 129 Å². The lowest BCUT2D eigenvalue weighted by atomic mass is 10.1. The number of alkyl halides is 3. The molecule has 124 valence electrons. The van der Waals surface area contributed by atoms with Gasteiger partial charge in [0.05, 0.1) is 6.10 Å². The van der Waals surface area contributed by atoms with Crippen LogP contribution in [0, 0.1) is 18.3 Å². The van der Waals surface area contributed by atoms with Crippen molar-refractivity contribution in [3.8, 4) is 6.07 Å². The molecule has 1 aromatic rings. The molecule has 2 unspecified atom stereocenters. The Morgan fingerprint density at radius 2 is 2.22 bits per heavy atom. The first-order chi connectivity index (χ1) is 10.7. The van der Waals surface area contributed by atoms with Gasteiger partial charge < -0.3 is 15.0 Å². The molecule has 2 rings (SSSR count). The fourth-order valence-corrected chi connectivity index (χ4v) is 2.34. The summed E-state index contributed by atoms with van der Waals surface area (Å²) in [5.41, 5.74) is -0.456. The zero-order chi connectivity index (χ0) is 17.2. The van der Waals surface area contributed by atoms with Crippen LogP contribution in [-0.2, 0) is 4.74 Å². The Kier molecular flexibility index (Phi) is 4.75. The molecule has 9 heteroatoms. The molecule has 23 heavy (non-hydrogen) atoms. The van der Waals surface area contributed by atoms with E-state index in [4.69, 9.17) is 10.00 Å². The number of carbonyl (C=O) groups excluding carboxylic acids is 1. The predicted octanol–water partition coefficient (Wildman–Crippen LogP) is 1.39. The third kappa shape index (κ3) is 3.90. The number of ether oxygens (including phenoxy) is 1. The highest BCUT2D eigenvalue weighted by Crippen LogP contribution is 2.32. The van der Waals surface area contributed by atoms with Gasteiger partial charge in [-0.1, -0.05) is 0 Å². The van der Waals surface area contributed by atoms with Crippen LogP contribution < -0.4 is 10.9 Å². The molecule has 1 aliphatic heterocycles. The van der Waals surface area contributed by atoms with Crippen LogP contribution in [0.25, 0.3) is 0 Å². The van der Waals surface area contributed by atoms with Crippen LogP contribution in [0.5, 0.6) is 0 Å². The van der Waals surface area contributed by atoms with Gasteiger partial charge in [0.15, 0.2) is 6.10 Å². The summed E-state index contributed by atoms with van der Waals surface area (Å²) in [4.78, 5) is 25.8. The van der Waals surface area contributed by atoms with Gasteiger partial charge >= 0.3 is 6.18 Å². The highest BCUT2D eigenvalue weighted by Gasteiger charge is 2.45. The molecule has 6 nitrogen and oxygen atoms in total. The first kappa shape index (κ1) is 17.0. The van der Waals surface area contributed by atoms with E-state index in [1.54, 1.807) is 6.07 Å². The van der Waals surface area contributed by atoms with Crippen LogP contribution in [0.15, 0.2) is 10.9 Å². The van der Waals surface area contributed by atoms with E-state index in [1.807, 2.05) is 0 Å². The molecule has 2 atom stereocenters. The third-order valence-electron chi connectivity index (χ3n) is 3.55. The van der Waals surface area contributed by atoms with Gasteiger partial charge in [-0.05, 0) is 31.4 Å². The number of hydrogen-bond acceptors (Lipinski definition) is 4. The Balaban J connectivity index is 1.98. The summed E-state index contributed by atoms with van der Waals surface area (Å²) in [6.07, 6.45) is -6.89. The molecule has 1 fully saturated rings. The van der Waals surface area contributed by atoms with Crippen molar-refractivity contribution in [2.75, 3.05) is 6.54 Å². The second-order valence-electron chi connectivity index (χ2n) is 5.26. The highest BCUT2D eigenvalue weighted by atomic mass is 19.4. The van der Waals surface area contributed by atoms with Gasteiger partial charge in [0.2, 0.25) is 0 Å². The normalized spacial score (nSPS) is 21.0. The first-order valence-corrected chi connectivity index (χ1v) is 6.86. The first-order valence-electron chi connectivity index (χ1n) is 6.86. The smallest absolute Gasteiger partial charge is 0.364 e. The highest BCUT2D eigenvalue weighted by molar-refractivity contribution is 5.93. The van der Waals surface area contributed by atoms with E-state index >= 15 is 0 Å². The van der Waals surface area contributed by atoms with Crippen LogP contribution in [0.3, 0.4) is 0 Å². The quantitative estimate of drug-likeness (QED) is 0.876. The molecule has 0 aliphatic carbocycles. The van der Waals surface area contributed by atoms with E-state index in [2.05, 4.69) is 10.3 Å². The van der Waals surface area contributed by atoms with Crippen LogP contribution in [0.1, 0.15) is 34.5 Å². The lowest BCUT2D eigenvalue weighted by Gasteiger charge is -2.17. The van der Waals surface area contributed by atoms with Gasteiger partial charge in [0, 0.05) is 6.54 Å². The fourth-order valence-electron chi connectivity index (χ4n) is 2.34. The van der Waals surface area contributed by atoms with E-state index in [0.717, 1.165) is 0 Å². The maximum absolute atomic E-state index is 12.5. The van der Waals surface area contributed by atoms with Crippen molar-refractivity contribution < 1.29 is 22.7 Å². The number of nitrogens with zero attached hydrogens (tertiary/aromatic N) is 1. The number of rotatable bonds is 3. The summed E-state index contributed by atoms with van der Waals surface area (Å²) in [6.45, 7) is 1.45. The lowest BCUT2D eigenvalue weighted by molar-refractivity contribution is -0.214. The zero-order valence-electron chi connectivity index (χ0n) is 12.2. The van der Waals surface area contributed by atoms with Crippen molar-refractivity contribution >= 4 is 5.91 Å². The molecule has 1 saturated heterocycles. The van der Waals surface area contributed by atoms with Crippen molar-refractivity contribution in [2.24, 2.45) is 0 Å². The van der Waals surface area contributed by atoms with Crippen LogP contribution in [0.2, 0.25) is 0 Å². The molecule has 0 saturated carbocycles. The average molecular weight is 329 g/mol. The maximum atomic E-state index is 12.5. The standard InChI is InChI=1S/C14H14F3N3O3/c1-7-4-8(5-18)12(21)20-11(7)13(22)19-6-9-2-3-10(23-9)14(15,16)17/h4,9-10H,2-3,6H2,1H3,(H,19,22)(H,20,21). The molecule has 0 aromatic carbocycles. The van der Waals surface area contributed by atoms with E-state index in [0.29, 0.717) is 5.56 Å². The number of H-pyrrole nitrogens is 1. The van der Waals surface area contributed by atoms with Crippen molar-refractivity contribution in [3.05, 3.63) is 33.2 Å². The molecule has 1 amide bonds. The molecular weight excluding hydrogens is 315 g/mol. The number of pyridine rings is 1. The second-order valence-corrected chi connectivity index (χ2v) is 5.26. The molecule has 2 heterocycles. The number of halogens is 3. The van der Waals surface area contributed by atoms with Crippen molar-refractivity contribution in [3.63, 3.8) is 0 Å². The number of nitrogens with one attached hydrogen (secondary N) is 2. The van der Waals surface area contributed by atoms with E-state index in [1.165, 1.54) is 13.0 Å². The van der Waals surface area contributed by atoms with Crippen LogP contribution >= 0.6 is 0 Å². The molecule has 2 N–H and O–H groups in total. The minimum absolute atomic E-state index is 0.0284. The number of aryl methyl sites for hydroxylation is 1. The fraction of sp³-hybridized carbons (Fsp3) is 0.500. The second kappa shape index (κ2) is 6.42. The third-order valence-corrected chi connectivity index (χ3v) is 3.55. The van der Waals surface area contributed by atoms with Gasteiger partial charge in [-0.3, -0.25) is 9.59 Å². The summed E-state index contributed by atoms with van der Waals surface area (Å²) in [5.74, 6) is -0.636. The molecule has 0 bridgehead atoms. The molecular formula is C14H14F3N3O3. The van der Waals surface area contributed by atoms with Gasteiger partial charge in [-0.2, -0.15) is 18.4 Å². The SMILES string of the molecule is Cc1cc(C#N)c(=O)[nH]c1C(=O)NCC1CCC(C(F)(F)F)O1. The summed E-state index contributed by atoms with van der Waals surface area (Å²) in [5, 5.41) is 11.2. The van der Waals surface area contributed by atoms with E-state index < -0.39 is 29.9 Å². The maximum Gasteiger partial charge on any atom is 0.414 e. The largest absolute Gasteiger partial charge is 0.414 e. The zero-order valence-corrected chi connectivity index (χ0v) is 12.2. The number of nitriles is 1. The van der Waals surface area contributed by atoms with E-state index in [-0.39, 0.29) is 30.6 Å². The lowest BCUT2D eigenvalue weighted by Crippen LogP contribution is -2.36. The van der Waals surface area contributed by atoms with Gasteiger partial charge in [-0.25, -0.2) is 0 Å². The number of amides is 1. The molecule has 0 spiro atoms. The summed E-state index contributed by atoms with van der Waals surface area (Å²) < 4.78 is 42.3.